The van der Waals surface area contributed by atoms with Gasteiger partial charge >= 0.3 is 0 Å². The summed E-state index contributed by atoms with van der Waals surface area (Å²) >= 11 is 0. The lowest BCUT2D eigenvalue weighted by Crippen LogP contribution is -2.09. The van der Waals surface area contributed by atoms with Gasteiger partial charge in [-0.1, -0.05) is 23.8 Å². The van der Waals surface area contributed by atoms with Crippen LogP contribution in [0.2, 0.25) is 0 Å². The Kier molecular flexibility index (Phi) is 4.12. The average molecular weight is 322 g/mol. The zero-order valence-corrected chi connectivity index (χ0v) is 13.8. The van der Waals surface area contributed by atoms with Gasteiger partial charge in [0.1, 0.15) is 12.1 Å². The Hall–Kier alpha value is -3.02. The van der Waals surface area contributed by atoms with Crippen molar-refractivity contribution >= 4 is 22.4 Å². The van der Waals surface area contributed by atoms with Crippen LogP contribution in [0.4, 0.5) is 11.5 Å². The fourth-order valence-corrected chi connectivity index (χ4v) is 2.67. The van der Waals surface area contributed by atoms with E-state index in [2.05, 4.69) is 15.3 Å². The number of aryl methyl sites for hydroxylation is 2. The van der Waals surface area contributed by atoms with Gasteiger partial charge in [0.2, 0.25) is 0 Å². The van der Waals surface area contributed by atoms with Gasteiger partial charge in [-0.15, -0.1) is 0 Å². The van der Waals surface area contributed by atoms with Crippen molar-refractivity contribution < 1.29 is 4.92 Å². The number of hydrogen-bond acceptors (Lipinski definition) is 5. The molecular weight excluding hydrogens is 304 g/mol. The van der Waals surface area contributed by atoms with E-state index in [1.807, 2.05) is 38.1 Å². The molecular formula is C18H18N4O2. The van der Waals surface area contributed by atoms with E-state index < -0.39 is 0 Å². The molecule has 0 aliphatic rings. The fraction of sp³-hybridized carbons (Fsp3) is 0.222. The molecule has 122 valence electrons. The summed E-state index contributed by atoms with van der Waals surface area (Å²) in [6.45, 7) is 5.71. The highest BCUT2D eigenvalue weighted by molar-refractivity contribution is 5.89. The molecule has 6 heteroatoms. The maximum atomic E-state index is 11.1. The second-order valence-electron chi connectivity index (χ2n) is 5.91. The first-order valence-electron chi connectivity index (χ1n) is 7.68. The summed E-state index contributed by atoms with van der Waals surface area (Å²) in [7, 11) is 0. The standard InChI is InChI=1S/C18H18N4O2/c1-11-4-7-16-15(8-11)18(20-10-19-16)21-13(3)14-6-5-12(2)17(9-14)22(23)24/h4-10,13H,1-3H3,(H,19,20,21). The molecule has 0 aliphatic carbocycles. The third-order valence-electron chi connectivity index (χ3n) is 4.07. The van der Waals surface area contributed by atoms with E-state index in [0.29, 0.717) is 5.56 Å². The van der Waals surface area contributed by atoms with Crippen molar-refractivity contribution in [3.8, 4) is 0 Å². The number of benzene rings is 2. The highest BCUT2D eigenvalue weighted by atomic mass is 16.6. The molecule has 0 aliphatic heterocycles. The average Bonchev–Trinajstić information content (AvgIpc) is 2.55. The zero-order chi connectivity index (χ0) is 17.3. The van der Waals surface area contributed by atoms with Crippen molar-refractivity contribution in [2.75, 3.05) is 5.32 Å². The van der Waals surface area contributed by atoms with Gasteiger partial charge in [0, 0.05) is 17.0 Å². The third-order valence-corrected chi connectivity index (χ3v) is 4.07. The lowest BCUT2D eigenvalue weighted by Gasteiger charge is -2.16. The number of rotatable bonds is 4. The quantitative estimate of drug-likeness (QED) is 0.571. The van der Waals surface area contributed by atoms with Crippen molar-refractivity contribution in [3.63, 3.8) is 0 Å². The summed E-state index contributed by atoms with van der Waals surface area (Å²) in [6, 6.07) is 11.2. The topological polar surface area (TPSA) is 81.0 Å². The number of nitrogens with zero attached hydrogens (tertiary/aromatic N) is 3. The molecule has 0 fully saturated rings. The summed E-state index contributed by atoms with van der Waals surface area (Å²) in [4.78, 5) is 19.4. The highest BCUT2D eigenvalue weighted by Crippen LogP contribution is 2.27. The minimum atomic E-state index is -0.352. The number of aromatic nitrogens is 2. The molecule has 1 aromatic heterocycles. The van der Waals surface area contributed by atoms with E-state index in [9.17, 15) is 10.1 Å². The van der Waals surface area contributed by atoms with Crippen LogP contribution >= 0.6 is 0 Å². The van der Waals surface area contributed by atoms with Crippen LogP contribution in [-0.4, -0.2) is 14.9 Å². The predicted molar refractivity (Wildman–Crippen MR) is 94.1 cm³/mol. The molecule has 1 N–H and O–H groups in total. The number of nitrogens with one attached hydrogen (secondary N) is 1. The second-order valence-corrected chi connectivity index (χ2v) is 5.91. The van der Waals surface area contributed by atoms with Gasteiger partial charge in [-0.2, -0.15) is 0 Å². The molecule has 0 bridgehead atoms. The van der Waals surface area contributed by atoms with E-state index in [4.69, 9.17) is 0 Å². The molecule has 6 nitrogen and oxygen atoms in total. The molecule has 0 saturated heterocycles. The molecule has 3 aromatic rings. The number of fused-ring (bicyclic) bond motifs is 1. The van der Waals surface area contributed by atoms with Crippen molar-refractivity contribution in [1.82, 2.24) is 9.97 Å². The Morgan fingerprint density at radius 3 is 2.67 bits per heavy atom. The lowest BCUT2D eigenvalue weighted by molar-refractivity contribution is -0.385. The van der Waals surface area contributed by atoms with Crippen molar-refractivity contribution in [1.29, 1.82) is 0 Å². The molecule has 0 spiro atoms. The second kappa shape index (κ2) is 6.23. The summed E-state index contributed by atoms with van der Waals surface area (Å²) in [5.41, 5.74) is 3.61. The minimum Gasteiger partial charge on any atom is -0.363 e. The number of anilines is 1. The van der Waals surface area contributed by atoms with Crippen LogP contribution in [0.1, 0.15) is 29.7 Å². The Morgan fingerprint density at radius 1 is 1.12 bits per heavy atom. The summed E-state index contributed by atoms with van der Waals surface area (Å²) in [6.07, 6.45) is 1.52. The third kappa shape index (κ3) is 3.03. The largest absolute Gasteiger partial charge is 0.363 e. The Balaban J connectivity index is 1.96. The number of hydrogen-bond donors (Lipinski definition) is 1. The normalized spacial score (nSPS) is 12.1. The monoisotopic (exact) mass is 322 g/mol. The van der Waals surface area contributed by atoms with Gasteiger partial charge in [0.15, 0.2) is 0 Å². The molecule has 1 unspecified atom stereocenters. The van der Waals surface area contributed by atoms with E-state index in [0.717, 1.165) is 27.8 Å². The van der Waals surface area contributed by atoms with Crippen molar-refractivity contribution in [2.24, 2.45) is 0 Å². The first-order chi connectivity index (χ1) is 11.5. The van der Waals surface area contributed by atoms with Crippen molar-refractivity contribution in [2.45, 2.75) is 26.8 Å². The van der Waals surface area contributed by atoms with Gasteiger partial charge in [-0.05, 0) is 38.5 Å². The Labute approximate surface area is 139 Å². The van der Waals surface area contributed by atoms with E-state index in [-0.39, 0.29) is 16.7 Å². The fourth-order valence-electron chi connectivity index (χ4n) is 2.67. The molecule has 2 aromatic carbocycles. The molecule has 0 saturated carbocycles. The molecule has 1 heterocycles. The minimum absolute atomic E-state index is 0.122. The highest BCUT2D eigenvalue weighted by Gasteiger charge is 2.15. The van der Waals surface area contributed by atoms with Crippen LogP contribution in [-0.2, 0) is 0 Å². The van der Waals surface area contributed by atoms with Gasteiger partial charge in [0.05, 0.1) is 16.5 Å². The number of nitro benzene ring substituents is 1. The Bertz CT molecular complexity index is 924. The van der Waals surface area contributed by atoms with Crippen LogP contribution in [0.3, 0.4) is 0 Å². The smallest absolute Gasteiger partial charge is 0.272 e. The zero-order valence-electron chi connectivity index (χ0n) is 13.8. The first-order valence-corrected chi connectivity index (χ1v) is 7.68. The number of nitro groups is 1. The molecule has 0 radical (unpaired) electrons. The van der Waals surface area contributed by atoms with E-state index in [1.54, 1.807) is 19.1 Å². The first kappa shape index (κ1) is 15.9. The van der Waals surface area contributed by atoms with E-state index >= 15 is 0 Å². The van der Waals surface area contributed by atoms with Gasteiger partial charge in [0.25, 0.3) is 5.69 Å². The predicted octanol–water partition coefficient (Wildman–Crippen LogP) is 4.33. The molecule has 3 rings (SSSR count). The van der Waals surface area contributed by atoms with Gasteiger partial charge < -0.3 is 5.32 Å². The van der Waals surface area contributed by atoms with Gasteiger partial charge in [-0.3, -0.25) is 10.1 Å². The van der Waals surface area contributed by atoms with E-state index in [1.165, 1.54) is 6.33 Å². The van der Waals surface area contributed by atoms with Gasteiger partial charge in [-0.25, -0.2) is 9.97 Å². The summed E-state index contributed by atoms with van der Waals surface area (Å²) in [5, 5.41) is 15.4. The summed E-state index contributed by atoms with van der Waals surface area (Å²) < 4.78 is 0. The maximum Gasteiger partial charge on any atom is 0.272 e. The maximum absolute atomic E-state index is 11.1. The van der Waals surface area contributed by atoms with Crippen LogP contribution in [0.25, 0.3) is 10.9 Å². The van der Waals surface area contributed by atoms with Crippen molar-refractivity contribution in [3.05, 3.63) is 69.5 Å². The molecule has 24 heavy (non-hydrogen) atoms. The molecule has 1 atom stereocenters. The Morgan fingerprint density at radius 2 is 1.92 bits per heavy atom. The summed E-state index contributed by atoms with van der Waals surface area (Å²) in [5.74, 6) is 0.722. The van der Waals surface area contributed by atoms with Crippen LogP contribution in [0.15, 0.2) is 42.7 Å². The van der Waals surface area contributed by atoms with Crippen LogP contribution in [0, 0.1) is 24.0 Å². The van der Waals surface area contributed by atoms with Crippen LogP contribution in [0.5, 0.6) is 0 Å². The van der Waals surface area contributed by atoms with Crippen LogP contribution < -0.4 is 5.32 Å². The SMILES string of the molecule is Cc1ccc2ncnc(NC(C)c3ccc(C)c([N+](=O)[O-])c3)c2c1. The molecule has 0 amide bonds. The lowest BCUT2D eigenvalue weighted by atomic mass is 10.0.